The number of rotatable bonds is 5. The summed E-state index contributed by atoms with van der Waals surface area (Å²) in [5.74, 6) is -0.568. The Bertz CT molecular complexity index is 847. The molecule has 0 heterocycles. The van der Waals surface area contributed by atoms with E-state index in [0.717, 1.165) is 24.0 Å². The highest BCUT2D eigenvalue weighted by Crippen LogP contribution is 2.40. The Morgan fingerprint density at radius 1 is 1.27 bits per heavy atom. The molecule has 2 aromatic rings. The van der Waals surface area contributed by atoms with Gasteiger partial charge in [-0.2, -0.15) is 5.26 Å². The Labute approximate surface area is 153 Å². The van der Waals surface area contributed by atoms with Crippen molar-refractivity contribution in [3.63, 3.8) is 0 Å². The number of nitrogens with two attached hydrogens (primary N) is 1. The van der Waals surface area contributed by atoms with Crippen molar-refractivity contribution in [1.82, 2.24) is 0 Å². The molecule has 2 aromatic carbocycles. The molecule has 4 N–H and O–H groups in total. The third-order valence-corrected chi connectivity index (χ3v) is 5.07. The maximum atomic E-state index is 12.0. The molecule has 1 unspecified atom stereocenters. The summed E-state index contributed by atoms with van der Waals surface area (Å²) in [6.07, 6.45) is 4.60. The summed E-state index contributed by atoms with van der Waals surface area (Å²) >= 11 is 0. The van der Waals surface area contributed by atoms with Gasteiger partial charge in [-0.3, -0.25) is 0 Å². The van der Waals surface area contributed by atoms with E-state index in [1.54, 1.807) is 24.3 Å². The molecule has 1 aliphatic rings. The largest absolute Gasteiger partial charge is 0.479 e. The van der Waals surface area contributed by atoms with Gasteiger partial charge < -0.3 is 16.2 Å². The van der Waals surface area contributed by atoms with E-state index in [1.165, 1.54) is 12.8 Å². The van der Waals surface area contributed by atoms with E-state index in [-0.39, 0.29) is 0 Å². The van der Waals surface area contributed by atoms with Gasteiger partial charge in [0.05, 0.1) is 11.6 Å². The second-order valence-corrected chi connectivity index (χ2v) is 6.94. The van der Waals surface area contributed by atoms with Gasteiger partial charge in [0.2, 0.25) is 0 Å². The number of aryl methyl sites for hydroxylation is 1. The Kier molecular flexibility index (Phi) is 5.13. The van der Waals surface area contributed by atoms with Crippen LogP contribution in [0, 0.1) is 18.3 Å². The number of carbonyl (C=O) groups is 1. The number of nitrogens with zero attached hydrogens (tertiary/aromatic N) is 1. The Morgan fingerprint density at radius 2 is 1.92 bits per heavy atom. The van der Waals surface area contributed by atoms with Crippen LogP contribution < -0.4 is 11.1 Å². The van der Waals surface area contributed by atoms with Crippen LogP contribution >= 0.6 is 0 Å². The molecule has 0 amide bonds. The summed E-state index contributed by atoms with van der Waals surface area (Å²) in [7, 11) is 0. The first-order chi connectivity index (χ1) is 12.5. The minimum atomic E-state index is -0.982. The Balaban J connectivity index is 1.96. The summed E-state index contributed by atoms with van der Waals surface area (Å²) in [4.78, 5) is 12.0. The molecule has 0 bridgehead atoms. The molecule has 0 radical (unpaired) electrons. The lowest BCUT2D eigenvalue weighted by Gasteiger charge is -2.22. The number of carboxylic acids is 1. The van der Waals surface area contributed by atoms with Crippen LogP contribution in [0.25, 0.3) is 0 Å². The minimum Gasteiger partial charge on any atom is -0.479 e. The van der Waals surface area contributed by atoms with Crippen molar-refractivity contribution < 1.29 is 9.90 Å². The van der Waals surface area contributed by atoms with Gasteiger partial charge in [-0.25, -0.2) is 4.79 Å². The van der Waals surface area contributed by atoms with Crippen molar-refractivity contribution in [2.75, 3.05) is 11.1 Å². The zero-order valence-corrected chi connectivity index (χ0v) is 14.8. The van der Waals surface area contributed by atoms with E-state index < -0.39 is 12.0 Å². The number of benzene rings is 2. The summed E-state index contributed by atoms with van der Waals surface area (Å²) in [6, 6.07) is 11.8. The molecule has 1 aliphatic carbocycles. The van der Waals surface area contributed by atoms with Crippen LogP contribution in [0.4, 0.5) is 11.4 Å². The van der Waals surface area contributed by atoms with Gasteiger partial charge in [0.15, 0.2) is 6.04 Å². The van der Waals surface area contributed by atoms with Gasteiger partial charge >= 0.3 is 5.97 Å². The van der Waals surface area contributed by atoms with E-state index in [2.05, 4.69) is 17.5 Å². The highest BCUT2D eigenvalue weighted by Gasteiger charge is 2.27. The maximum Gasteiger partial charge on any atom is 0.330 e. The first-order valence-corrected chi connectivity index (χ1v) is 8.89. The molecule has 0 aliphatic heterocycles. The average Bonchev–Trinajstić information content (AvgIpc) is 3.16. The van der Waals surface area contributed by atoms with Crippen molar-refractivity contribution in [1.29, 1.82) is 5.26 Å². The Morgan fingerprint density at radius 3 is 2.50 bits per heavy atom. The molecule has 134 valence electrons. The monoisotopic (exact) mass is 349 g/mol. The van der Waals surface area contributed by atoms with Crippen LogP contribution in [0.2, 0.25) is 0 Å². The predicted molar refractivity (Wildman–Crippen MR) is 102 cm³/mol. The van der Waals surface area contributed by atoms with Crippen LogP contribution in [0.3, 0.4) is 0 Å². The molecule has 1 fully saturated rings. The van der Waals surface area contributed by atoms with Crippen LogP contribution in [-0.4, -0.2) is 11.1 Å². The molecular formula is C21H23N3O2. The number of nitrogens with one attached hydrogen (secondary N) is 1. The van der Waals surface area contributed by atoms with Gasteiger partial charge in [0.1, 0.15) is 0 Å². The second-order valence-electron chi connectivity index (χ2n) is 6.94. The minimum absolute atomic E-state index is 0.415. The van der Waals surface area contributed by atoms with E-state index in [0.29, 0.717) is 28.4 Å². The lowest BCUT2D eigenvalue weighted by molar-refractivity contribution is -0.138. The number of hydrogen-bond donors (Lipinski definition) is 3. The van der Waals surface area contributed by atoms with E-state index in [9.17, 15) is 9.90 Å². The third-order valence-electron chi connectivity index (χ3n) is 5.07. The topological polar surface area (TPSA) is 99.1 Å². The number of aliphatic carboxylic acids is 1. The summed E-state index contributed by atoms with van der Waals surface area (Å²) in [5, 5.41) is 21.7. The molecule has 3 rings (SSSR count). The van der Waals surface area contributed by atoms with Crippen molar-refractivity contribution in [2.45, 2.75) is 44.6 Å². The smallest absolute Gasteiger partial charge is 0.330 e. The first-order valence-electron chi connectivity index (χ1n) is 8.89. The number of hydrogen-bond acceptors (Lipinski definition) is 4. The quantitative estimate of drug-likeness (QED) is 0.697. The van der Waals surface area contributed by atoms with Crippen LogP contribution in [0.5, 0.6) is 0 Å². The number of nitrogen functional groups attached to an aromatic ring is 1. The molecule has 5 nitrogen and oxygen atoms in total. The second kappa shape index (κ2) is 7.49. The predicted octanol–water partition coefficient (Wildman–Crippen LogP) is 4.34. The molecule has 26 heavy (non-hydrogen) atoms. The fraction of sp³-hybridized carbons (Fsp3) is 0.333. The summed E-state index contributed by atoms with van der Waals surface area (Å²) < 4.78 is 0. The molecule has 5 heteroatoms. The van der Waals surface area contributed by atoms with Crippen molar-refractivity contribution in [3.05, 3.63) is 58.7 Å². The molecule has 0 saturated heterocycles. The highest BCUT2D eigenvalue weighted by molar-refractivity contribution is 5.82. The molecule has 0 spiro atoms. The van der Waals surface area contributed by atoms with Crippen LogP contribution in [-0.2, 0) is 4.79 Å². The van der Waals surface area contributed by atoms with Crippen molar-refractivity contribution >= 4 is 17.3 Å². The molecule has 1 saturated carbocycles. The zero-order chi connectivity index (χ0) is 18.7. The Hall–Kier alpha value is -3.00. The lowest BCUT2D eigenvalue weighted by atomic mass is 9.89. The summed E-state index contributed by atoms with van der Waals surface area (Å²) in [5.41, 5.74) is 10.9. The van der Waals surface area contributed by atoms with E-state index in [4.69, 9.17) is 11.0 Å². The SMILES string of the molecule is Cc1cc(C2CCCC2)c(N)c(C(Nc2ccc(C#N)cc2)C(=O)O)c1. The fourth-order valence-corrected chi connectivity index (χ4v) is 3.75. The zero-order valence-electron chi connectivity index (χ0n) is 14.8. The van der Waals surface area contributed by atoms with Crippen LogP contribution in [0.15, 0.2) is 36.4 Å². The van der Waals surface area contributed by atoms with Gasteiger partial charge in [0.25, 0.3) is 0 Å². The normalized spacial score (nSPS) is 15.4. The number of anilines is 2. The number of carboxylic acid groups (broad SMARTS) is 1. The highest BCUT2D eigenvalue weighted by atomic mass is 16.4. The third kappa shape index (κ3) is 3.65. The fourth-order valence-electron chi connectivity index (χ4n) is 3.75. The maximum absolute atomic E-state index is 12.0. The van der Waals surface area contributed by atoms with Gasteiger partial charge in [0, 0.05) is 16.9 Å². The summed E-state index contributed by atoms with van der Waals surface area (Å²) in [6.45, 7) is 1.97. The van der Waals surface area contributed by atoms with Crippen molar-refractivity contribution in [2.24, 2.45) is 0 Å². The van der Waals surface area contributed by atoms with Gasteiger partial charge in [-0.05, 0) is 55.5 Å². The first kappa shape index (κ1) is 17.8. The molecule has 1 atom stereocenters. The van der Waals surface area contributed by atoms with Crippen LogP contribution in [0.1, 0.15) is 59.9 Å². The van der Waals surface area contributed by atoms with Gasteiger partial charge in [-0.1, -0.05) is 30.5 Å². The van der Waals surface area contributed by atoms with E-state index in [1.807, 2.05) is 13.0 Å². The van der Waals surface area contributed by atoms with E-state index >= 15 is 0 Å². The van der Waals surface area contributed by atoms with Crippen molar-refractivity contribution in [3.8, 4) is 6.07 Å². The average molecular weight is 349 g/mol. The number of nitriles is 1. The molecule has 0 aromatic heterocycles. The molecular weight excluding hydrogens is 326 g/mol. The van der Waals surface area contributed by atoms with Gasteiger partial charge in [-0.15, -0.1) is 0 Å². The standard InChI is InChI=1S/C21H23N3O2/c1-13-10-17(15-4-2-3-5-15)19(23)18(11-13)20(21(25)26)24-16-8-6-14(12-22)7-9-16/h6-11,15,20,24H,2-5,23H2,1H3,(H,25,26). The lowest BCUT2D eigenvalue weighted by Crippen LogP contribution is -2.22.